The van der Waals surface area contributed by atoms with Gasteiger partial charge in [0.2, 0.25) is 5.91 Å². The SMILES string of the molecule is Nc1c2c(nn1CC(=O)NCCc1ccccc1)CSC2. The number of fused-ring (bicyclic) bond motifs is 1. The highest BCUT2D eigenvalue weighted by Crippen LogP contribution is 2.32. The van der Waals surface area contributed by atoms with Gasteiger partial charge in [0.15, 0.2) is 0 Å². The molecule has 6 heteroatoms. The number of nitrogens with two attached hydrogens (primary N) is 1. The summed E-state index contributed by atoms with van der Waals surface area (Å²) in [6, 6.07) is 10.1. The van der Waals surface area contributed by atoms with Crippen molar-refractivity contribution in [1.29, 1.82) is 0 Å². The van der Waals surface area contributed by atoms with Crippen LogP contribution in [0.5, 0.6) is 0 Å². The minimum Gasteiger partial charge on any atom is -0.384 e. The van der Waals surface area contributed by atoms with Gasteiger partial charge in [0.1, 0.15) is 12.4 Å². The predicted octanol–water partition coefficient (Wildman–Crippen LogP) is 1.57. The number of nitrogen functional groups attached to an aromatic ring is 1. The smallest absolute Gasteiger partial charge is 0.241 e. The van der Waals surface area contributed by atoms with Crippen LogP contribution in [-0.2, 0) is 29.3 Å². The maximum absolute atomic E-state index is 11.9. The van der Waals surface area contributed by atoms with E-state index in [1.165, 1.54) is 5.56 Å². The number of carbonyl (C=O) groups is 1. The molecule has 0 saturated carbocycles. The zero-order valence-electron chi connectivity index (χ0n) is 11.7. The highest BCUT2D eigenvalue weighted by Gasteiger charge is 2.21. The van der Waals surface area contributed by atoms with Crippen LogP contribution < -0.4 is 11.1 Å². The highest BCUT2D eigenvalue weighted by molar-refractivity contribution is 7.98. The summed E-state index contributed by atoms with van der Waals surface area (Å²) in [4.78, 5) is 11.9. The minimum absolute atomic E-state index is 0.0496. The zero-order valence-corrected chi connectivity index (χ0v) is 12.5. The Morgan fingerprint density at radius 1 is 1.33 bits per heavy atom. The van der Waals surface area contributed by atoms with Gasteiger partial charge in [-0.05, 0) is 12.0 Å². The monoisotopic (exact) mass is 302 g/mol. The molecule has 0 fully saturated rings. The average molecular weight is 302 g/mol. The number of thioether (sulfide) groups is 1. The van der Waals surface area contributed by atoms with E-state index in [9.17, 15) is 4.79 Å². The van der Waals surface area contributed by atoms with E-state index < -0.39 is 0 Å². The molecule has 1 aromatic carbocycles. The second-order valence-electron chi connectivity index (χ2n) is 5.05. The van der Waals surface area contributed by atoms with Crippen molar-refractivity contribution < 1.29 is 4.79 Å². The molecular formula is C15H18N4OS. The number of carbonyl (C=O) groups excluding carboxylic acids is 1. The first kappa shape index (κ1) is 14.0. The first-order valence-corrected chi connectivity index (χ1v) is 8.12. The Balaban J connectivity index is 1.50. The number of aromatic nitrogens is 2. The van der Waals surface area contributed by atoms with Crippen molar-refractivity contribution in [3.05, 3.63) is 47.2 Å². The quantitative estimate of drug-likeness (QED) is 0.879. The zero-order chi connectivity index (χ0) is 14.7. The normalized spacial score (nSPS) is 13.1. The van der Waals surface area contributed by atoms with Gasteiger partial charge >= 0.3 is 0 Å². The van der Waals surface area contributed by atoms with Gasteiger partial charge in [0.05, 0.1) is 5.69 Å². The first-order chi connectivity index (χ1) is 10.2. The van der Waals surface area contributed by atoms with Crippen LogP contribution in [0.25, 0.3) is 0 Å². The summed E-state index contributed by atoms with van der Waals surface area (Å²) in [6.45, 7) is 0.817. The molecule has 0 radical (unpaired) electrons. The maximum atomic E-state index is 11.9. The van der Waals surface area contributed by atoms with Gasteiger partial charge in [-0.25, -0.2) is 4.68 Å². The van der Waals surface area contributed by atoms with E-state index in [1.54, 1.807) is 16.4 Å². The van der Waals surface area contributed by atoms with Gasteiger partial charge in [-0.3, -0.25) is 4.79 Å². The molecule has 3 N–H and O–H groups in total. The fourth-order valence-electron chi connectivity index (χ4n) is 2.39. The van der Waals surface area contributed by atoms with Crippen molar-refractivity contribution in [2.24, 2.45) is 0 Å². The minimum atomic E-state index is -0.0496. The van der Waals surface area contributed by atoms with Crippen LogP contribution in [-0.4, -0.2) is 22.2 Å². The van der Waals surface area contributed by atoms with E-state index in [2.05, 4.69) is 22.5 Å². The first-order valence-electron chi connectivity index (χ1n) is 6.96. The molecule has 0 saturated heterocycles. The number of nitrogens with zero attached hydrogens (tertiary/aromatic N) is 2. The lowest BCUT2D eigenvalue weighted by Gasteiger charge is -2.07. The molecule has 0 spiro atoms. The van der Waals surface area contributed by atoms with E-state index in [-0.39, 0.29) is 12.5 Å². The Morgan fingerprint density at radius 3 is 2.90 bits per heavy atom. The predicted molar refractivity (Wildman–Crippen MR) is 84.8 cm³/mol. The molecule has 1 aliphatic heterocycles. The molecule has 2 aromatic rings. The second-order valence-corrected chi connectivity index (χ2v) is 6.03. The van der Waals surface area contributed by atoms with E-state index in [4.69, 9.17) is 5.73 Å². The van der Waals surface area contributed by atoms with Crippen molar-refractivity contribution >= 4 is 23.5 Å². The third kappa shape index (κ3) is 3.21. The molecule has 1 aromatic heterocycles. The average Bonchev–Trinajstić information content (AvgIpc) is 3.05. The molecule has 0 bridgehead atoms. The molecule has 0 atom stereocenters. The number of nitrogens with one attached hydrogen (secondary N) is 1. The van der Waals surface area contributed by atoms with E-state index in [0.29, 0.717) is 12.4 Å². The molecule has 3 rings (SSSR count). The summed E-state index contributed by atoms with van der Waals surface area (Å²) < 4.78 is 1.61. The molecule has 0 aliphatic carbocycles. The van der Waals surface area contributed by atoms with E-state index >= 15 is 0 Å². The van der Waals surface area contributed by atoms with Crippen molar-refractivity contribution in [3.8, 4) is 0 Å². The van der Waals surface area contributed by atoms with E-state index in [1.807, 2.05) is 18.2 Å². The third-order valence-corrected chi connectivity index (χ3v) is 4.50. The molecule has 0 unspecified atom stereocenters. The number of benzene rings is 1. The third-order valence-electron chi connectivity index (χ3n) is 3.53. The molecular weight excluding hydrogens is 284 g/mol. The summed E-state index contributed by atoms with van der Waals surface area (Å²) in [5.41, 5.74) is 9.36. The lowest BCUT2D eigenvalue weighted by atomic mass is 10.1. The largest absolute Gasteiger partial charge is 0.384 e. The van der Waals surface area contributed by atoms with Crippen molar-refractivity contribution in [2.75, 3.05) is 12.3 Å². The molecule has 1 aliphatic rings. The van der Waals surface area contributed by atoms with Crippen molar-refractivity contribution in [1.82, 2.24) is 15.1 Å². The summed E-state index contributed by atoms with van der Waals surface area (Å²) in [6.07, 6.45) is 0.828. The summed E-state index contributed by atoms with van der Waals surface area (Å²) >= 11 is 1.81. The van der Waals surface area contributed by atoms with Crippen LogP contribution in [0.1, 0.15) is 16.8 Å². The summed E-state index contributed by atoms with van der Waals surface area (Å²) in [5.74, 6) is 2.37. The Bertz CT molecular complexity index is 639. The van der Waals surface area contributed by atoms with Crippen LogP contribution in [0.15, 0.2) is 30.3 Å². The Hall–Kier alpha value is -1.95. The van der Waals surface area contributed by atoms with Gasteiger partial charge < -0.3 is 11.1 Å². The van der Waals surface area contributed by atoms with Gasteiger partial charge in [-0.2, -0.15) is 16.9 Å². The van der Waals surface area contributed by atoms with Gasteiger partial charge in [0, 0.05) is 23.6 Å². The molecule has 1 amide bonds. The molecule has 2 heterocycles. The Kier molecular flexibility index (Phi) is 4.15. The fraction of sp³-hybridized carbons (Fsp3) is 0.333. The van der Waals surface area contributed by atoms with Crippen LogP contribution in [0.4, 0.5) is 5.82 Å². The molecule has 21 heavy (non-hydrogen) atoms. The number of hydrogen-bond donors (Lipinski definition) is 2. The topological polar surface area (TPSA) is 72.9 Å². The number of anilines is 1. The van der Waals surface area contributed by atoms with Crippen molar-refractivity contribution in [3.63, 3.8) is 0 Å². The molecule has 5 nitrogen and oxygen atoms in total. The summed E-state index contributed by atoms with van der Waals surface area (Å²) in [5, 5.41) is 7.32. The van der Waals surface area contributed by atoms with Gasteiger partial charge in [-0.15, -0.1) is 0 Å². The number of rotatable bonds is 5. The number of amides is 1. The van der Waals surface area contributed by atoms with Crippen LogP contribution >= 0.6 is 11.8 Å². The fourth-order valence-corrected chi connectivity index (χ4v) is 3.44. The lowest BCUT2D eigenvalue weighted by Crippen LogP contribution is -2.30. The molecule has 110 valence electrons. The standard InChI is InChI=1S/C15H18N4OS/c16-15-12-9-21-10-13(12)18-19(15)8-14(20)17-7-6-11-4-2-1-3-5-11/h1-5H,6-10,16H2,(H,17,20). The summed E-state index contributed by atoms with van der Waals surface area (Å²) in [7, 11) is 0. The Labute approximate surface area is 127 Å². The van der Waals surface area contributed by atoms with Crippen LogP contribution in [0, 0.1) is 0 Å². The van der Waals surface area contributed by atoms with Crippen LogP contribution in [0.3, 0.4) is 0 Å². The second kappa shape index (κ2) is 6.22. The number of hydrogen-bond acceptors (Lipinski definition) is 4. The Morgan fingerprint density at radius 2 is 2.14 bits per heavy atom. The van der Waals surface area contributed by atoms with E-state index in [0.717, 1.165) is 29.2 Å². The van der Waals surface area contributed by atoms with Gasteiger partial charge in [0.25, 0.3) is 0 Å². The van der Waals surface area contributed by atoms with Crippen LogP contribution in [0.2, 0.25) is 0 Å². The lowest BCUT2D eigenvalue weighted by molar-refractivity contribution is -0.121. The van der Waals surface area contributed by atoms with Gasteiger partial charge in [-0.1, -0.05) is 30.3 Å². The highest BCUT2D eigenvalue weighted by atomic mass is 32.2. The van der Waals surface area contributed by atoms with Crippen molar-refractivity contribution in [2.45, 2.75) is 24.5 Å². The maximum Gasteiger partial charge on any atom is 0.241 e.